The number of aromatic nitrogens is 2. The standard InChI is InChI=1S/C45H38BNO2.C39H26BrN.C12H24B2O4/c1-43(2)39-24-34-32-19-13-11-17-30(32)29-16-10-12-18-31(29)33(34)23-35(39)36-26-42-38(25-40(36)43)37-22-27(46-48-44(3,4)45(5,6)49-46)20-21-41(37)47(42)28-14-8-7-9-15-28;1-39(2)35-20-30-28-15-9-7-13-26(28)25-12-6-8-14-27(25)29(30)19-31(35)32-22-38-34(21-36(32)39)33-18-23(40)16-17-37(33)41(38)24-10-4-3-5-11-24;1-9(2)10(3,4)16-13(15-9)14-17-11(5,6)12(7,8)18-14/h7-26H,1-6H3;3-22H,1-2H3;1-8H3. The van der Waals surface area contributed by atoms with Crippen molar-refractivity contribution >= 4 is 151 Å². The molecule has 3 saturated heterocycles. The van der Waals surface area contributed by atoms with E-state index in [9.17, 15) is 0 Å². The van der Waals surface area contributed by atoms with Crippen LogP contribution in [0.25, 0.3) is 142 Å². The Labute approximate surface area is 641 Å². The molecule has 21 rings (SSSR count). The summed E-state index contributed by atoms with van der Waals surface area (Å²) in [5.41, 5.74) is 16.6. The third-order valence-electron chi connectivity index (χ3n) is 26.2. The van der Waals surface area contributed by atoms with Gasteiger partial charge in [0.25, 0.3) is 0 Å². The minimum atomic E-state index is -0.476. The zero-order valence-electron chi connectivity index (χ0n) is 64.5. The summed E-state index contributed by atoms with van der Waals surface area (Å²) in [4.78, 5) is 0. The first-order valence-corrected chi connectivity index (χ1v) is 39.1. The van der Waals surface area contributed by atoms with Gasteiger partial charge in [0.05, 0.1) is 55.7 Å². The topological polar surface area (TPSA) is 65.2 Å². The van der Waals surface area contributed by atoms with Crippen molar-refractivity contribution in [1.29, 1.82) is 0 Å². The van der Waals surface area contributed by atoms with E-state index in [1.54, 1.807) is 0 Å². The van der Waals surface area contributed by atoms with Gasteiger partial charge in [0.1, 0.15) is 0 Å². The molecule has 5 aliphatic rings. The van der Waals surface area contributed by atoms with E-state index >= 15 is 0 Å². The molecule has 0 bridgehead atoms. The number of hydrogen-bond donors (Lipinski definition) is 0. The third kappa shape index (κ3) is 10.3. The van der Waals surface area contributed by atoms with E-state index in [2.05, 4.69) is 323 Å². The third-order valence-corrected chi connectivity index (χ3v) is 26.6. The van der Waals surface area contributed by atoms with Crippen LogP contribution in [0.5, 0.6) is 0 Å². The minimum absolute atomic E-state index is 0.118. The van der Waals surface area contributed by atoms with Gasteiger partial charge < -0.3 is 37.1 Å². The van der Waals surface area contributed by atoms with Crippen LogP contribution in [-0.4, -0.2) is 63.9 Å². The fourth-order valence-electron chi connectivity index (χ4n) is 18.1. The van der Waals surface area contributed by atoms with Crippen molar-refractivity contribution < 1.29 is 27.9 Å². The molecular weight excluding hydrogens is 1390 g/mol. The molecule has 16 aromatic rings. The molecule has 0 saturated carbocycles. The normalized spacial score (nSPS) is 18.5. The molecule has 3 aliphatic heterocycles. The lowest BCUT2D eigenvalue weighted by atomic mass is 9.49. The Morgan fingerprint density at radius 3 is 0.861 bits per heavy atom. The Morgan fingerprint density at radius 2 is 0.509 bits per heavy atom. The van der Waals surface area contributed by atoms with Gasteiger partial charge in [-0.15, -0.1) is 0 Å². The first-order valence-electron chi connectivity index (χ1n) is 38.3. The summed E-state index contributed by atoms with van der Waals surface area (Å²) < 4.78 is 42.8. The van der Waals surface area contributed by atoms with Crippen molar-refractivity contribution in [2.75, 3.05) is 0 Å². The van der Waals surface area contributed by atoms with Crippen LogP contribution in [0, 0.1) is 0 Å². The van der Waals surface area contributed by atoms with Crippen LogP contribution in [0.2, 0.25) is 0 Å². The fourth-order valence-corrected chi connectivity index (χ4v) is 18.5. The van der Waals surface area contributed by atoms with E-state index in [0.29, 0.717) is 0 Å². The van der Waals surface area contributed by atoms with Gasteiger partial charge in [-0.3, -0.25) is 0 Å². The van der Waals surface area contributed by atoms with E-state index in [4.69, 9.17) is 27.9 Å². The molecule has 3 fully saturated rings. The maximum Gasteiger partial charge on any atom is 0.494 e. The Hall–Kier alpha value is -9.33. The maximum absolute atomic E-state index is 6.52. The molecule has 0 radical (unpaired) electrons. The second-order valence-corrected chi connectivity index (χ2v) is 35.7. The van der Waals surface area contributed by atoms with Crippen LogP contribution in [0.4, 0.5) is 0 Å². The lowest BCUT2D eigenvalue weighted by Gasteiger charge is -2.32. The summed E-state index contributed by atoms with van der Waals surface area (Å²) in [6.45, 7) is 34.2. The summed E-state index contributed by atoms with van der Waals surface area (Å²) in [6.07, 6.45) is 0. The number of halogens is 1. The SMILES string of the molecule is CC1(C)OB(B2OC(C)(C)C(C)(C)O2)OC1(C)C.CC1(C)c2cc3c4ccccc4c4ccccc4c3cc2-c2cc3c(cc21)c1cc(B2OC(C)(C)C(C)(C)O2)ccc1n3-c1ccccc1.CC1(C)c2cc3c4ccccc4c4ccccc4c3cc2-c2cc3c(cc21)c1cc(Br)ccc1n3-c1ccccc1. The van der Waals surface area contributed by atoms with Crippen LogP contribution < -0.4 is 5.46 Å². The second kappa shape index (κ2) is 23.8. The van der Waals surface area contributed by atoms with Crippen LogP contribution in [0.1, 0.15) is 133 Å². The number of rotatable bonds is 4. The highest BCUT2D eigenvalue weighted by molar-refractivity contribution is 9.10. The van der Waals surface area contributed by atoms with E-state index < -0.39 is 32.3 Å². The van der Waals surface area contributed by atoms with Gasteiger partial charge in [-0.1, -0.05) is 189 Å². The van der Waals surface area contributed by atoms with Gasteiger partial charge in [0.15, 0.2) is 0 Å². The first-order chi connectivity index (χ1) is 51.4. The number of fused-ring (bicyclic) bond motifs is 24. The van der Waals surface area contributed by atoms with Crippen LogP contribution in [-0.2, 0) is 38.8 Å². The Bertz CT molecular complexity index is 6430. The Balaban J connectivity index is 0.000000121. The van der Waals surface area contributed by atoms with Crippen molar-refractivity contribution in [3.05, 3.63) is 269 Å². The van der Waals surface area contributed by atoms with E-state index in [-0.39, 0.29) is 33.2 Å². The molecular formula is C96H88B3BrN2O6. The second-order valence-electron chi connectivity index (χ2n) is 34.8. The molecule has 0 spiro atoms. The quantitative estimate of drug-likeness (QED) is 0.129. The summed E-state index contributed by atoms with van der Waals surface area (Å²) in [6, 6.07) is 90.2. The van der Waals surface area contributed by atoms with Gasteiger partial charge in [-0.05, 0) is 295 Å². The monoisotopic (exact) mass is 1480 g/mol. The number of benzene rings is 14. The highest BCUT2D eigenvalue weighted by Crippen LogP contribution is 2.56. The zero-order chi connectivity index (χ0) is 74.9. The number of nitrogens with zero attached hydrogens (tertiary/aromatic N) is 2. The summed E-state index contributed by atoms with van der Waals surface area (Å²) in [5, 5.41) is 20.9. The molecule has 12 heteroatoms. The average molecular weight is 1480 g/mol. The highest BCUT2D eigenvalue weighted by atomic mass is 79.9. The number of para-hydroxylation sites is 2. The van der Waals surface area contributed by atoms with Gasteiger partial charge in [-0.2, -0.15) is 0 Å². The molecule has 2 aliphatic carbocycles. The molecule has 0 atom stereocenters. The van der Waals surface area contributed by atoms with E-state index in [1.165, 1.54) is 158 Å². The van der Waals surface area contributed by atoms with Gasteiger partial charge in [-0.25, -0.2) is 0 Å². The first kappa shape index (κ1) is 69.2. The summed E-state index contributed by atoms with van der Waals surface area (Å²) in [7, 11) is -1.37. The smallest absolute Gasteiger partial charge is 0.405 e. The summed E-state index contributed by atoms with van der Waals surface area (Å²) >= 11 is 3.75. The zero-order valence-corrected chi connectivity index (χ0v) is 66.1. The molecule has 5 heterocycles. The van der Waals surface area contributed by atoms with Crippen LogP contribution in [0.15, 0.2) is 247 Å². The predicted molar refractivity (Wildman–Crippen MR) is 457 cm³/mol. The molecule has 14 aromatic carbocycles. The molecule has 0 unspecified atom stereocenters. The number of hydrogen-bond acceptors (Lipinski definition) is 6. The molecule has 534 valence electrons. The van der Waals surface area contributed by atoms with Crippen molar-refractivity contribution in [3.8, 4) is 33.6 Å². The van der Waals surface area contributed by atoms with Crippen molar-refractivity contribution in [2.45, 2.75) is 155 Å². The van der Waals surface area contributed by atoms with Gasteiger partial charge >= 0.3 is 21.1 Å². The largest absolute Gasteiger partial charge is 0.494 e. The maximum atomic E-state index is 6.52. The lowest BCUT2D eigenvalue weighted by molar-refractivity contribution is 0.00578. The molecule has 0 N–H and O–H groups in total. The Kier molecular flexibility index (Phi) is 15.3. The molecule has 2 aromatic heterocycles. The van der Waals surface area contributed by atoms with Gasteiger partial charge in [0, 0.05) is 48.2 Å². The predicted octanol–water partition coefficient (Wildman–Crippen LogP) is 24.4. The van der Waals surface area contributed by atoms with Crippen molar-refractivity contribution in [2.24, 2.45) is 0 Å². The average Bonchev–Trinajstić information content (AvgIpc) is 1.48. The fraction of sp³-hybridized carbons (Fsp3) is 0.250. The molecule has 0 amide bonds. The van der Waals surface area contributed by atoms with E-state index in [0.717, 1.165) is 15.6 Å². The summed E-state index contributed by atoms with van der Waals surface area (Å²) in [5.74, 6) is 0. The van der Waals surface area contributed by atoms with Crippen molar-refractivity contribution in [3.63, 3.8) is 0 Å². The molecule has 8 nitrogen and oxygen atoms in total. The molecule has 108 heavy (non-hydrogen) atoms. The lowest BCUT2D eigenvalue weighted by Crippen LogP contribution is -2.41. The van der Waals surface area contributed by atoms with Crippen LogP contribution in [0.3, 0.4) is 0 Å². The van der Waals surface area contributed by atoms with E-state index in [1.807, 2.05) is 55.4 Å². The van der Waals surface area contributed by atoms with Gasteiger partial charge in [0.2, 0.25) is 0 Å². The minimum Gasteiger partial charge on any atom is -0.405 e. The van der Waals surface area contributed by atoms with Crippen LogP contribution >= 0.6 is 15.9 Å². The van der Waals surface area contributed by atoms with Crippen molar-refractivity contribution in [1.82, 2.24) is 9.13 Å². The Morgan fingerprint density at radius 1 is 0.241 bits per heavy atom. The highest BCUT2D eigenvalue weighted by Gasteiger charge is 2.64.